The van der Waals surface area contributed by atoms with E-state index in [1.807, 2.05) is 6.92 Å². The van der Waals surface area contributed by atoms with Crippen LogP contribution in [0.15, 0.2) is 0 Å². The number of halogens is 5. The Morgan fingerprint density at radius 3 is 2.26 bits per heavy atom. The molecule has 0 bridgehead atoms. The zero-order valence-electron chi connectivity index (χ0n) is 10.1. The van der Waals surface area contributed by atoms with Gasteiger partial charge in [-0.3, -0.25) is 9.05 Å². The molecule has 0 heterocycles. The molecule has 4 nitrogen and oxygen atoms in total. The zero-order chi connectivity index (χ0) is 15.1. The van der Waals surface area contributed by atoms with E-state index in [1.165, 1.54) is 0 Å². The second-order valence-corrected chi connectivity index (χ2v) is 8.58. The highest BCUT2D eigenvalue weighted by Crippen LogP contribution is 2.47. The van der Waals surface area contributed by atoms with Crippen molar-refractivity contribution >= 4 is 74.5 Å². The van der Waals surface area contributed by atoms with E-state index >= 15 is 0 Å². The van der Waals surface area contributed by atoms with Crippen LogP contribution in [0.3, 0.4) is 0 Å². The Hall–Kier alpha value is 1.94. The van der Waals surface area contributed by atoms with Crippen molar-refractivity contribution in [2.24, 2.45) is 0 Å². The van der Waals surface area contributed by atoms with Crippen molar-refractivity contribution in [2.75, 3.05) is 17.1 Å². The number of hydrogen-bond acceptors (Lipinski definition) is 3. The summed E-state index contributed by atoms with van der Waals surface area (Å²) in [6.07, 6.45) is -0.876. The van der Waals surface area contributed by atoms with Gasteiger partial charge >= 0.3 is 7.82 Å². The molecular weight excluding hydrogens is 469 g/mol. The van der Waals surface area contributed by atoms with E-state index in [4.69, 9.17) is 43.9 Å². The second kappa shape index (κ2) is 10.6. The fourth-order valence-corrected chi connectivity index (χ4v) is 4.92. The van der Waals surface area contributed by atoms with Gasteiger partial charge in [-0.05, 0) is 6.42 Å². The average molecular weight is 485 g/mol. The number of phosphoric acid groups is 1. The van der Waals surface area contributed by atoms with Gasteiger partial charge in [0.05, 0.1) is 29.3 Å². The van der Waals surface area contributed by atoms with Gasteiger partial charge in [-0.2, -0.15) is 0 Å². The third-order valence-corrected chi connectivity index (χ3v) is 5.31. The summed E-state index contributed by atoms with van der Waals surface area (Å²) in [6, 6.07) is 0. The summed E-state index contributed by atoms with van der Waals surface area (Å²) in [6.45, 7) is 1.91. The standard InChI is InChI=1S/C9H16Br2Cl3O4P/c1-6(11)2-8(14)9(5-13)18-19(15,16)17-7(3-10)4-12/h6-9H,2-5H2,1H3,(H,15,16). The van der Waals surface area contributed by atoms with Crippen molar-refractivity contribution in [3.8, 4) is 0 Å². The molecule has 10 heteroatoms. The Morgan fingerprint density at radius 2 is 1.89 bits per heavy atom. The number of phosphoric ester groups is 1. The van der Waals surface area contributed by atoms with E-state index in [-0.39, 0.29) is 16.6 Å². The molecule has 0 aliphatic rings. The molecule has 0 saturated heterocycles. The highest BCUT2D eigenvalue weighted by atomic mass is 79.9. The second-order valence-electron chi connectivity index (χ2n) is 3.84. The van der Waals surface area contributed by atoms with Gasteiger partial charge in [0.25, 0.3) is 0 Å². The predicted molar refractivity (Wildman–Crippen MR) is 87.5 cm³/mol. The topological polar surface area (TPSA) is 55.8 Å². The largest absolute Gasteiger partial charge is 0.472 e. The number of rotatable bonds is 10. The average Bonchev–Trinajstić information content (AvgIpc) is 2.32. The highest BCUT2D eigenvalue weighted by Gasteiger charge is 2.33. The summed E-state index contributed by atoms with van der Waals surface area (Å²) in [7, 11) is -4.25. The van der Waals surface area contributed by atoms with Gasteiger partial charge in [-0.15, -0.1) is 34.8 Å². The van der Waals surface area contributed by atoms with Gasteiger partial charge in [-0.1, -0.05) is 38.8 Å². The van der Waals surface area contributed by atoms with Crippen molar-refractivity contribution in [1.82, 2.24) is 0 Å². The lowest BCUT2D eigenvalue weighted by molar-refractivity contribution is 0.0931. The van der Waals surface area contributed by atoms with E-state index in [9.17, 15) is 9.46 Å². The lowest BCUT2D eigenvalue weighted by Crippen LogP contribution is -2.28. The van der Waals surface area contributed by atoms with Gasteiger partial charge < -0.3 is 4.89 Å². The van der Waals surface area contributed by atoms with Crippen LogP contribution >= 0.6 is 74.5 Å². The summed E-state index contributed by atoms with van der Waals surface area (Å²) < 4.78 is 21.7. The lowest BCUT2D eigenvalue weighted by Gasteiger charge is -2.25. The van der Waals surface area contributed by atoms with E-state index in [2.05, 4.69) is 31.9 Å². The smallest absolute Gasteiger partial charge is 0.302 e. The fourth-order valence-electron chi connectivity index (χ4n) is 1.13. The minimum Gasteiger partial charge on any atom is -0.302 e. The molecule has 0 spiro atoms. The summed E-state index contributed by atoms with van der Waals surface area (Å²) in [5, 5.41) is -0.187. The number of alkyl halides is 5. The van der Waals surface area contributed by atoms with Crippen LogP contribution in [0.5, 0.6) is 0 Å². The molecule has 0 radical (unpaired) electrons. The summed E-state index contributed by atoms with van der Waals surface area (Å²) in [5.74, 6) is 0.0507. The normalized spacial score (nSPS) is 21.4. The van der Waals surface area contributed by atoms with Gasteiger partial charge in [-0.25, -0.2) is 4.57 Å². The molecule has 0 aromatic carbocycles. The van der Waals surface area contributed by atoms with Crippen LogP contribution in [0, 0.1) is 0 Å². The summed E-state index contributed by atoms with van der Waals surface area (Å²) in [4.78, 5) is 9.77. The molecule has 116 valence electrons. The Balaban J connectivity index is 4.54. The molecular formula is C9H16Br2Cl3O4P. The quantitative estimate of drug-likeness (QED) is 0.366. The van der Waals surface area contributed by atoms with Crippen LogP contribution in [0.1, 0.15) is 13.3 Å². The van der Waals surface area contributed by atoms with Crippen LogP contribution in [-0.4, -0.2) is 44.4 Å². The Morgan fingerprint density at radius 1 is 1.32 bits per heavy atom. The maximum absolute atomic E-state index is 11.8. The molecule has 0 aromatic rings. The third kappa shape index (κ3) is 9.54. The first-order valence-corrected chi connectivity index (χ1v) is 10.4. The van der Waals surface area contributed by atoms with Crippen LogP contribution in [0.4, 0.5) is 0 Å². The molecule has 0 amide bonds. The highest BCUT2D eigenvalue weighted by molar-refractivity contribution is 9.09. The number of hydrogen-bond donors (Lipinski definition) is 1. The Bertz CT molecular complexity index is 295. The van der Waals surface area contributed by atoms with Gasteiger partial charge in [0, 0.05) is 10.2 Å². The van der Waals surface area contributed by atoms with Crippen molar-refractivity contribution in [1.29, 1.82) is 0 Å². The van der Waals surface area contributed by atoms with E-state index in [0.29, 0.717) is 11.8 Å². The van der Waals surface area contributed by atoms with Crippen molar-refractivity contribution in [3.63, 3.8) is 0 Å². The maximum atomic E-state index is 11.8. The van der Waals surface area contributed by atoms with Gasteiger partial charge in [0.15, 0.2) is 0 Å². The first-order chi connectivity index (χ1) is 8.75. The van der Waals surface area contributed by atoms with Crippen LogP contribution in [0.2, 0.25) is 0 Å². The summed E-state index contributed by atoms with van der Waals surface area (Å²) in [5.41, 5.74) is 0. The minimum atomic E-state index is -4.25. The first kappa shape index (κ1) is 20.9. The zero-order valence-corrected chi connectivity index (χ0v) is 16.5. The Labute approximate surface area is 145 Å². The lowest BCUT2D eigenvalue weighted by atomic mass is 10.2. The van der Waals surface area contributed by atoms with Crippen LogP contribution < -0.4 is 0 Å². The molecule has 0 aliphatic heterocycles. The molecule has 19 heavy (non-hydrogen) atoms. The molecule has 0 saturated carbocycles. The van der Waals surface area contributed by atoms with Crippen LogP contribution in [0.25, 0.3) is 0 Å². The SMILES string of the molecule is CC(Br)CC(Cl)C(CCl)OP(=O)(O)OC(CCl)CBr. The van der Waals surface area contributed by atoms with Crippen LogP contribution in [-0.2, 0) is 13.6 Å². The van der Waals surface area contributed by atoms with Crippen molar-refractivity contribution < 1.29 is 18.5 Å². The molecule has 5 unspecified atom stereocenters. The fraction of sp³-hybridized carbons (Fsp3) is 1.00. The first-order valence-electron chi connectivity index (χ1n) is 5.41. The maximum Gasteiger partial charge on any atom is 0.472 e. The summed E-state index contributed by atoms with van der Waals surface area (Å²) >= 11 is 23.8. The monoisotopic (exact) mass is 482 g/mol. The predicted octanol–water partition coefficient (Wildman–Crippen LogP) is 4.51. The molecule has 5 atom stereocenters. The van der Waals surface area contributed by atoms with Crippen molar-refractivity contribution in [3.05, 3.63) is 0 Å². The molecule has 0 fully saturated rings. The third-order valence-electron chi connectivity index (χ3n) is 2.00. The van der Waals surface area contributed by atoms with Gasteiger partial charge in [0.2, 0.25) is 0 Å². The molecule has 0 aliphatic carbocycles. The molecule has 0 rings (SSSR count). The van der Waals surface area contributed by atoms with Gasteiger partial charge in [0.1, 0.15) is 0 Å². The van der Waals surface area contributed by atoms with Crippen molar-refractivity contribution in [2.45, 2.75) is 35.8 Å². The van der Waals surface area contributed by atoms with E-state index < -0.39 is 25.4 Å². The Kier molecular flexibility index (Phi) is 11.7. The molecule has 1 N–H and O–H groups in total. The van der Waals surface area contributed by atoms with E-state index in [0.717, 1.165) is 0 Å². The minimum absolute atomic E-state index is 0.0123. The van der Waals surface area contributed by atoms with E-state index in [1.54, 1.807) is 0 Å². The molecule has 0 aromatic heterocycles.